The van der Waals surface area contributed by atoms with Crippen molar-refractivity contribution in [1.29, 1.82) is 0 Å². The van der Waals surface area contributed by atoms with Gasteiger partial charge in [-0.1, -0.05) is 6.07 Å². The van der Waals surface area contributed by atoms with Gasteiger partial charge in [-0.15, -0.1) is 0 Å². The molecular formula is C12H18N2O3. The van der Waals surface area contributed by atoms with E-state index in [-0.39, 0.29) is 5.60 Å². The maximum Gasteiger partial charge on any atom is 0.214 e. The summed E-state index contributed by atoms with van der Waals surface area (Å²) in [5.41, 5.74) is -0.231. The summed E-state index contributed by atoms with van der Waals surface area (Å²) in [7, 11) is 3.32. The summed E-state index contributed by atoms with van der Waals surface area (Å²) in [4.78, 5) is 4.29. The molecule has 1 atom stereocenters. The molecule has 0 bridgehead atoms. The minimum atomic E-state index is -0.231. The van der Waals surface area contributed by atoms with Gasteiger partial charge in [0.15, 0.2) is 0 Å². The van der Waals surface area contributed by atoms with Gasteiger partial charge in [0.25, 0.3) is 0 Å². The van der Waals surface area contributed by atoms with Gasteiger partial charge < -0.3 is 19.5 Å². The fourth-order valence-corrected chi connectivity index (χ4v) is 1.84. The second-order valence-electron chi connectivity index (χ2n) is 4.11. The molecule has 0 aliphatic carbocycles. The molecule has 0 spiro atoms. The second kappa shape index (κ2) is 5.33. The van der Waals surface area contributed by atoms with Crippen LogP contribution in [0.2, 0.25) is 0 Å². The van der Waals surface area contributed by atoms with Gasteiger partial charge in [0.05, 0.1) is 13.7 Å². The van der Waals surface area contributed by atoms with Crippen molar-refractivity contribution in [3.05, 3.63) is 18.2 Å². The highest BCUT2D eigenvalue weighted by Gasteiger charge is 2.34. The van der Waals surface area contributed by atoms with Crippen molar-refractivity contribution < 1.29 is 14.2 Å². The maximum atomic E-state index is 5.53. The van der Waals surface area contributed by atoms with E-state index in [1.807, 2.05) is 18.2 Å². The van der Waals surface area contributed by atoms with Crippen LogP contribution >= 0.6 is 0 Å². The van der Waals surface area contributed by atoms with Crippen molar-refractivity contribution in [3.63, 3.8) is 0 Å². The van der Waals surface area contributed by atoms with Gasteiger partial charge in [-0.25, -0.2) is 0 Å². The van der Waals surface area contributed by atoms with Gasteiger partial charge >= 0.3 is 0 Å². The van der Waals surface area contributed by atoms with Crippen molar-refractivity contribution >= 4 is 5.82 Å². The summed E-state index contributed by atoms with van der Waals surface area (Å²) in [6.45, 7) is 2.06. The Morgan fingerprint density at radius 1 is 1.47 bits per heavy atom. The summed E-state index contributed by atoms with van der Waals surface area (Å²) in [6, 6.07) is 5.62. The predicted molar refractivity (Wildman–Crippen MR) is 64.5 cm³/mol. The van der Waals surface area contributed by atoms with E-state index in [2.05, 4.69) is 10.3 Å². The largest absolute Gasteiger partial charge is 0.481 e. The Kier molecular flexibility index (Phi) is 3.81. The SMILES string of the molecule is COc1cccc(NCC2(OC)CCOC2)n1. The first-order chi connectivity index (χ1) is 8.28. The molecule has 1 aliphatic heterocycles. The van der Waals surface area contributed by atoms with Gasteiger partial charge in [0, 0.05) is 32.7 Å². The highest BCUT2D eigenvalue weighted by Crippen LogP contribution is 2.23. The fourth-order valence-electron chi connectivity index (χ4n) is 1.84. The molecule has 1 fully saturated rings. The molecule has 1 N–H and O–H groups in total. The van der Waals surface area contributed by atoms with Crippen LogP contribution in [0.25, 0.3) is 0 Å². The number of methoxy groups -OCH3 is 2. The van der Waals surface area contributed by atoms with E-state index in [9.17, 15) is 0 Å². The third-order valence-corrected chi connectivity index (χ3v) is 3.02. The monoisotopic (exact) mass is 238 g/mol. The molecule has 5 heteroatoms. The maximum absolute atomic E-state index is 5.53. The molecule has 0 radical (unpaired) electrons. The van der Waals surface area contributed by atoms with Crippen LogP contribution in [0.1, 0.15) is 6.42 Å². The Labute approximate surface area is 101 Å². The van der Waals surface area contributed by atoms with Crippen LogP contribution in [0, 0.1) is 0 Å². The highest BCUT2D eigenvalue weighted by atomic mass is 16.5. The number of aromatic nitrogens is 1. The molecule has 0 amide bonds. The molecule has 1 unspecified atom stereocenters. The van der Waals surface area contributed by atoms with E-state index in [0.29, 0.717) is 19.0 Å². The number of ether oxygens (including phenoxy) is 3. The lowest BCUT2D eigenvalue weighted by atomic mass is 10.0. The number of nitrogens with zero attached hydrogens (tertiary/aromatic N) is 1. The molecule has 2 heterocycles. The van der Waals surface area contributed by atoms with Crippen molar-refractivity contribution in [1.82, 2.24) is 4.98 Å². The van der Waals surface area contributed by atoms with Crippen LogP contribution in [0.4, 0.5) is 5.82 Å². The van der Waals surface area contributed by atoms with E-state index in [1.165, 1.54) is 0 Å². The number of anilines is 1. The molecule has 1 saturated heterocycles. The average molecular weight is 238 g/mol. The van der Waals surface area contributed by atoms with Crippen LogP contribution < -0.4 is 10.1 Å². The van der Waals surface area contributed by atoms with E-state index in [4.69, 9.17) is 14.2 Å². The zero-order valence-corrected chi connectivity index (χ0v) is 10.2. The minimum absolute atomic E-state index is 0.231. The Morgan fingerprint density at radius 2 is 2.35 bits per heavy atom. The molecule has 2 rings (SSSR count). The Bertz CT molecular complexity index is 365. The Hall–Kier alpha value is -1.33. The van der Waals surface area contributed by atoms with Crippen LogP contribution in [0.5, 0.6) is 5.88 Å². The summed E-state index contributed by atoms with van der Waals surface area (Å²) >= 11 is 0. The van der Waals surface area contributed by atoms with Gasteiger partial charge in [-0.05, 0) is 6.07 Å². The first-order valence-electron chi connectivity index (χ1n) is 5.66. The van der Waals surface area contributed by atoms with Gasteiger partial charge in [0.1, 0.15) is 11.4 Å². The molecule has 0 saturated carbocycles. The molecule has 0 aromatic carbocycles. The lowest BCUT2D eigenvalue weighted by molar-refractivity contribution is -0.00625. The molecule has 94 valence electrons. The topological polar surface area (TPSA) is 52.6 Å². The van der Waals surface area contributed by atoms with E-state index >= 15 is 0 Å². The molecule has 1 aliphatic rings. The van der Waals surface area contributed by atoms with Gasteiger partial charge in [-0.3, -0.25) is 0 Å². The van der Waals surface area contributed by atoms with Crippen molar-refractivity contribution in [2.45, 2.75) is 12.0 Å². The van der Waals surface area contributed by atoms with Crippen LogP contribution in [-0.4, -0.2) is 44.6 Å². The standard InChI is InChI=1S/C12H18N2O3/c1-15-11-5-3-4-10(14-11)13-8-12(16-2)6-7-17-9-12/h3-5H,6-9H2,1-2H3,(H,13,14). The van der Waals surface area contributed by atoms with Crippen LogP contribution in [0.3, 0.4) is 0 Å². The fraction of sp³-hybridized carbons (Fsp3) is 0.583. The summed E-state index contributed by atoms with van der Waals surface area (Å²) < 4.78 is 16.0. The quantitative estimate of drug-likeness (QED) is 0.838. The molecule has 5 nitrogen and oxygen atoms in total. The van der Waals surface area contributed by atoms with E-state index in [1.54, 1.807) is 14.2 Å². The van der Waals surface area contributed by atoms with Gasteiger partial charge in [-0.2, -0.15) is 4.98 Å². The summed E-state index contributed by atoms with van der Waals surface area (Å²) in [6.07, 6.45) is 0.903. The first-order valence-corrected chi connectivity index (χ1v) is 5.66. The smallest absolute Gasteiger partial charge is 0.214 e. The number of hydrogen-bond donors (Lipinski definition) is 1. The Balaban J connectivity index is 1.96. The Morgan fingerprint density at radius 3 is 3.00 bits per heavy atom. The third-order valence-electron chi connectivity index (χ3n) is 3.02. The number of hydrogen-bond acceptors (Lipinski definition) is 5. The number of rotatable bonds is 5. The zero-order chi connectivity index (χ0) is 12.1. The van der Waals surface area contributed by atoms with Gasteiger partial charge in [0.2, 0.25) is 5.88 Å². The molecule has 1 aromatic rings. The predicted octanol–water partition coefficient (Wildman–Crippen LogP) is 1.31. The van der Waals surface area contributed by atoms with Crippen molar-refractivity contribution in [2.75, 3.05) is 39.3 Å². The number of pyridine rings is 1. The summed E-state index contributed by atoms with van der Waals surface area (Å²) in [5, 5.41) is 3.26. The number of nitrogens with one attached hydrogen (secondary N) is 1. The first kappa shape index (κ1) is 12.1. The van der Waals surface area contributed by atoms with Crippen LogP contribution in [0.15, 0.2) is 18.2 Å². The normalized spacial score (nSPS) is 23.6. The molecule has 17 heavy (non-hydrogen) atoms. The highest BCUT2D eigenvalue weighted by molar-refractivity contribution is 5.37. The molecule has 1 aromatic heterocycles. The van der Waals surface area contributed by atoms with Crippen molar-refractivity contribution in [3.8, 4) is 5.88 Å². The van der Waals surface area contributed by atoms with E-state index < -0.39 is 0 Å². The molecular weight excluding hydrogens is 220 g/mol. The average Bonchev–Trinajstić information content (AvgIpc) is 2.86. The third kappa shape index (κ3) is 2.87. The lowest BCUT2D eigenvalue weighted by Gasteiger charge is -2.26. The zero-order valence-electron chi connectivity index (χ0n) is 10.2. The second-order valence-corrected chi connectivity index (χ2v) is 4.11. The van der Waals surface area contributed by atoms with Crippen molar-refractivity contribution in [2.24, 2.45) is 0 Å². The minimum Gasteiger partial charge on any atom is -0.481 e. The van der Waals surface area contributed by atoms with E-state index in [0.717, 1.165) is 18.8 Å². The lowest BCUT2D eigenvalue weighted by Crippen LogP contribution is -2.39. The van der Waals surface area contributed by atoms with Crippen LogP contribution in [-0.2, 0) is 9.47 Å². The summed E-state index contributed by atoms with van der Waals surface area (Å²) in [5.74, 6) is 1.39.